The Morgan fingerprint density at radius 2 is 2.67 bits per heavy atom. The van der Waals surface area contributed by atoms with E-state index < -0.39 is 0 Å². The third-order valence-electron chi connectivity index (χ3n) is 1.19. The fraction of sp³-hybridized carbons (Fsp3) is 0.600. The Kier molecular flexibility index (Phi) is 1.27. The highest BCUT2D eigenvalue weighted by Gasteiger charge is 2.24. The van der Waals surface area contributed by atoms with Crippen LogP contribution in [0.1, 0.15) is 6.92 Å². The van der Waals surface area contributed by atoms with Crippen LogP contribution in [-0.2, 0) is 0 Å². The number of nitrogens with zero attached hydrogens (tertiary/aromatic N) is 2. The van der Waals surface area contributed by atoms with Crippen molar-refractivity contribution in [1.82, 2.24) is 10.2 Å². The van der Waals surface area contributed by atoms with E-state index in [1.165, 1.54) is 0 Å². The Morgan fingerprint density at radius 1 is 2.00 bits per heavy atom. The molecule has 0 saturated carbocycles. The van der Waals surface area contributed by atoms with E-state index in [2.05, 4.69) is 5.32 Å². The van der Waals surface area contributed by atoms with Gasteiger partial charge in [0.1, 0.15) is 0 Å². The van der Waals surface area contributed by atoms with Gasteiger partial charge in [0.05, 0.1) is 6.54 Å². The third kappa shape index (κ3) is 0.941. The maximum atomic E-state index is 10.6. The summed E-state index contributed by atoms with van der Waals surface area (Å²) in [6, 6.07) is -0.179. The van der Waals surface area contributed by atoms with Gasteiger partial charge in [0, 0.05) is 6.04 Å². The summed E-state index contributed by atoms with van der Waals surface area (Å²) in [7, 11) is 0. The Balaban J connectivity index is 2.61. The molecule has 2 amide bonds. The summed E-state index contributed by atoms with van der Waals surface area (Å²) < 4.78 is 0. The number of rotatable bonds is 0. The first-order chi connectivity index (χ1) is 4.24. The van der Waals surface area contributed by atoms with Crippen LogP contribution in [-0.4, -0.2) is 23.5 Å². The van der Waals surface area contributed by atoms with Crippen molar-refractivity contribution in [1.29, 1.82) is 5.26 Å². The Labute approximate surface area is 53.1 Å². The molecule has 1 N–H and O–H groups in total. The van der Waals surface area contributed by atoms with Crippen molar-refractivity contribution in [3.8, 4) is 6.19 Å². The zero-order valence-corrected chi connectivity index (χ0v) is 5.09. The number of amides is 2. The molecule has 0 aliphatic carbocycles. The van der Waals surface area contributed by atoms with Gasteiger partial charge in [-0.2, -0.15) is 5.26 Å². The van der Waals surface area contributed by atoms with Gasteiger partial charge >= 0.3 is 6.03 Å². The lowest BCUT2D eigenvalue weighted by Crippen LogP contribution is -2.24. The lowest BCUT2D eigenvalue weighted by Gasteiger charge is -1.97. The van der Waals surface area contributed by atoms with Crippen LogP contribution in [0.25, 0.3) is 0 Å². The van der Waals surface area contributed by atoms with Crippen LogP contribution in [0.3, 0.4) is 0 Å². The highest BCUT2D eigenvalue weighted by Crippen LogP contribution is 1.99. The lowest BCUT2D eigenvalue weighted by atomic mass is 10.4. The van der Waals surface area contributed by atoms with Gasteiger partial charge < -0.3 is 5.32 Å². The Morgan fingerprint density at radius 3 is 2.89 bits per heavy atom. The van der Waals surface area contributed by atoms with Gasteiger partial charge in [0.25, 0.3) is 0 Å². The molecule has 0 radical (unpaired) electrons. The second kappa shape index (κ2) is 1.94. The highest BCUT2D eigenvalue weighted by atomic mass is 16.2. The molecule has 9 heavy (non-hydrogen) atoms. The zero-order chi connectivity index (χ0) is 6.85. The summed E-state index contributed by atoms with van der Waals surface area (Å²) in [5.41, 5.74) is 0. The predicted molar refractivity (Wildman–Crippen MR) is 30.3 cm³/mol. The number of urea groups is 1. The van der Waals surface area contributed by atoms with Crippen LogP contribution < -0.4 is 5.32 Å². The number of carbonyl (C=O) groups is 1. The molecule has 1 aliphatic heterocycles. The predicted octanol–water partition coefficient (Wildman–Crippen LogP) is -0.119. The van der Waals surface area contributed by atoms with E-state index >= 15 is 0 Å². The van der Waals surface area contributed by atoms with Crippen molar-refractivity contribution in [2.75, 3.05) is 6.54 Å². The van der Waals surface area contributed by atoms with Gasteiger partial charge in [-0.1, -0.05) is 0 Å². The molecule has 1 saturated heterocycles. The first kappa shape index (κ1) is 5.89. The topological polar surface area (TPSA) is 56.1 Å². The fourth-order valence-electron chi connectivity index (χ4n) is 0.777. The molecule has 1 fully saturated rings. The molecule has 0 spiro atoms. The summed E-state index contributed by atoms with van der Waals surface area (Å²) in [6.07, 6.45) is 1.77. The first-order valence-electron chi connectivity index (χ1n) is 2.72. The highest BCUT2D eigenvalue weighted by molar-refractivity contribution is 5.78. The lowest BCUT2D eigenvalue weighted by molar-refractivity contribution is 0.232. The second-order valence-corrected chi connectivity index (χ2v) is 2.06. The average Bonchev–Trinajstić information content (AvgIpc) is 2.10. The summed E-state index contributed by atoms with van der Waals surface area (Å²) in [4.78, 5) is 11.7. The normalized spacial score (nSPS) is 25.6. The third-order valence-corrected chi connectivity index (χ3v) is 1.19. The standard InChI is InChI=1S/C5H7N3O/c1-4-2-8(3-6)5(9)7-4/h4H,2H2,1H3,(H,7,9). The van der Waals surface area contributed by atoms with Crippen LogP contribution in [0.5, 0.6) is 0 Å². The zero-order valence-electron chi connectivity index (χ0n) is 5.09. The Hall–Kier alpha value is -1.24. The van der Waals surface area contributed by atoms with Crippen molar-refractivity contribution in [2.24, 2.45) is 0 Å². The smallest absolute Gasteiger partial charge is 0.330 e. The van der Waals surface area contributed by atoms with Crippen LogP contribution in [0.4, 0.5) is 4.79 Å². The van der Waals surface area contributed by atoms with E-state index in [0.717, 1.165) is 4.90 Å². The fourth-order valence-corrected chi connectivity index (χ4v) is 0.777. The average molecular weight is 125 g/mol. The molecule has 4 nitrogen and oxygen atoms in total. The SMILES string of the molecule is CC1CN(C#N)C(=O)N1. The molecule has 1 heterocycles. The van der Waals surface area contributed by atoms with Crippen molar-refractivity contribution < 1.29 is 4.79 Å². The summed E-state index contributed by atoms with van der Waals surface area (Å²) >= 11 is 0. The van der Waals surface area contributed by atoms with Crippen LogP contribution in [0, 0.1) is 11.5 Å². The molecule has 0 aromatic heterocycles. The molecular formula is C5H7N3O. The van der Waals surface area contributed by atoms with Gasteiger partial charge in [-0.05, 0) is 6.92 Å². The molecular weight excluding hydrogens is 118 g/mol. The molecule has 1 rings (SSSR count). The van der Waals surface area contributed by atoms with Crippen LogP contribution in [0.15, 0.2) is 0 Å². The largest absolute Gasteiger partial charge is 0.333 e. The van der Waals surface area contributed by atoms with Gasteiger partial charge in [-0.25, -0.2) is 9.69 Å². The number of hydrogen-bond acceptors (Lipinski definition) is 2. The van der Waals surface area contributed by atoms with Crippen molar-refractivity contribution >= 4 is 6.03 Å². The van der Waals surface area contributed by atoms with Crippen LogP contribution >= 0.6 is 0 Å². The molecule has 0 aromatic rings. The molecule has 1 aliphatic rings. The molecule has 4 heteroatoms. The molecule has 0 aromatic carbocycles. The van der Waals surface area contributed by atoms with Gasteiger partial charge in [-0.15, -0.1) is 0 Å². The number of nitrogens with one attached hydrogen (secondary N) is 1. The van der Waals surface area contributed by atoms with Crippen molar-refractivity contribution in [3.63, 3.8) is 0 Å². The second-order valence-electron chi connectivity index (χ2n) is 2.06. The maximum Gasteiger partial charge on any atom is 0.330 e. The van der Waals surface area contributed by atoms with E-state index in [-0.39, 0.29) is 12.1 Å². The summed E-state index contributed by atoms with van der Waals surface area (Å²) in [5.74, 6) is 0. The first-order valence-corrected chi connectivity index (χ1v) is 2.72. The van der Waals surface area contributed by atoms with E-state index in [0.29, 0.717) is 6.54 Å². The number of carbonyl (C=O) groups excluding carboxylic acids is 1. The van der Waals surface area contributed by atoms with Crippen molar-refractivity contribution in [3.05, 3.63) is 0 Å². The monoisotopic (exact) mass is 125 g/mol. The Bertz CT molecular complexity index is 172. The van der Waals surface area contributed by atoms with E-state index in [9.17, 15) is 4.79 Å². The van der Waals surface area contributed by atoms with E-state index in [4.69, 9.17) is 5.26 Å². The van der Waals surface area contributed by atoms with Gasteiger partial charge in [-0.3, -0.25) is 0 Å². The summed E-state index contributed by atoms with van der Waals surface area (Å²) in [6.45, 7) is 2.35. The van der Waals surface area contributed by atoms with E-state index in [1.807, 2.05) is 6.92 Å². The summed E-state index contributed by atoms with van der Waals surface area (Å²) in [5, 5.41) is 10.9. The van der Waals surface area contributed by atoms with E-state index in [1.54, 1.807) is 6.19 Å². The minimum Gasteiger partial charge on any atom is -0.333 e. The van der Waals surface area contributed by atoms with Gasteiger partial charge in [0.15, 0.2) is 6.19 Å². The molecule has 1 atom stereocenters. The van der Waals surface area contributed by atoms with Gasteiger partial charge in [0.2, 0.25) is 0 Å². The molecule has 1 unspecified atom stereocenters. The maximum absolute atomic E-state index is 10.6. The minimum atomic E-state index is -0.287. The number of nitriles is 1. The van der Waals surface area contributed by atoms with Crippen molar-refractivity contribution in [2.45, 2.75) is 13.0 Å². The minimum absolute atomic E-state index is 0.108. The molecule has 48 valence electrons. The quantitative estimate of drug-likeness (QED) is 0.459. The van der Waals surface area contributed by atoms with Crippen LogP contribution in [0.2, 0.25) is 0 Å². The molecule has 0 bridgehead atoms. The number of hydrogen-bond donors (Lipinski definition) is 1.